The van der Waals surface area contributed by atoms with Crippen LogP contribution in [0.2, 0.25) is 0 Å². The summed E-state index contributed by atoms with van der Waals surface area (Å²) in [5, 5.41) is 15.2. The second-order valence-electron chi connectivity index (χ2n) is 11.3. The lowest BCUT2D eigenvalue weighted by molar-refractivity contribution is -0.140. The lowest BCUT2D eigenvalue weighted by Crippen LogP contribution is -2.37. The summed E-state index contributed by atoms with van der Waals surface area (Å²) in [6, 6.07) is 11.4. The van der Waals surface area contributed by atoms with Crippen molar-refractivity contribution in [2.75, 3.05) is 36.8 Å². The van der Waals surface area contributed by atoms with E-state index in [1.165, 1.54) is 30.0 Å². The number of carbonyl (C=O) groups excluding carboxylic acids is 2. The molecule has 0 spiro atoms. The van der Waals surface area contributed by atoms with Crippen molar-refractivity contribution in [2.24, 2.45) is 0 Å². The highest BCUT2D eigenvalue weighted by Crippen LogP contribution is 2.38. The van der Waals surface area contributed by atoms with E-state index in [-0.39, 0.29) is 11.6 Å². The number of piperidine rings is 1. The molecule has 0 saturated carbocycles. The van der Waals surface area contributed by atoms with E-state index in [1.54, 1.807) is 25.4 Å². The Kier molecular flexibility index (Phi) is 10.0. The Morgan fingerprint density at radius 1 is 1.04 bits per heavy atom. The van der Waals surface area contributed by atoms with Gasteiger partial charge in [0, 0.05) is 48.3 Å². The molecule has 2 aromatic carbocycles. The van der Waals surface area contributed by atoms with Crippen LogP contribution < -0.4 is 16.0 Å². The van der Waals surface area contributed by atoms with E-state index in [9.17, 15) is 27.2 Å². The minimum Gasteiger partial charge on any atom is -0.349 e. The highest BCUT2D eigenvalue weighted by atomic mass is 19.4. The molecule has 2 aliphatic rings. The van der Waals surface area contributed by atoms with Crippen LogP contribution in [0.4, 0.5) is 29.1 Å². The highest BCUT2D eigenvalue weighted by molar-refractivity contribution is 5.93. The van der Waals surface area contributed by atoms with Crippen molar-refractivity contribution in [3.63, 3.8) is 0 Å². The Balaban J connectivity index is 0.000000266. The molecule has 0 radical (unpaired) electrons. The van der Waals surface area contributed by atoms with Crippen LogP contribution in [-0.2, 0) is 11.0 Å². The van der Waals surface area contributed by atoms with Gasteiger partial charge < -0.3 is 20.9 Å². The maximum atomic E-state index is 14.3. The number of anilines is 2. The number of allylic oxidation sites excluding steroid dienone is 2. The molecule has 1 atom stereocenters. The van der Waals surface area contributed by atoms with Crippen molar-refractivity contribution in [3.8, 4) is 0 Å². The van der Waals surface area contributed by atoms with E-state index in [2.05, 4.69) is 30.9 Å². The number of amides is 2. The van der Waals surface area contributed by atoms with Gasteiger partial charge in [-0.1, -0.05) is 18.6 Å². The first kappa shape index (κ1) is 32.6. The molecule has 1 unspecified atom stereocenters. The summed E-state index contributed by atoms with van der Waals surface area (Å²) in [6.07, 6.45) is 3.01. The zero-order chi connectivity index (χ0) is 32.8. The summed E-state index contributed by atoms with van der Waals surface area (Å²) in [6.45, 7) is 6.95. The summed E-state index contributed by atoms with van der Waals surface area (Å²) < 4.78 is 54.8. The van der Waals surface area contributed by atoms with Crippen molar-refractivity contribution >= 4 is 34.6 Å². The molecule has 6 rings (SSSR count). The van der Waals surface area contributed by atoms with E-state index < -0.39 is 23.6 Å². The van der Waals surface area contributed by atoms with Gasteiger partial charge in [-0.2, -0.15) is 18.3 Å². The number of hydrogen-bond donors (Lipinski definition) is 3. The number of benzene rings is 2. The lowest BCUT2D eigenvalue weighted by Gasteiger charge is -2.28. The second kappa shape index (κ2) is 14.1. The maximum absolute atomic E-state index is 14.3. The molecule has 13 heteroatoms. The second-order valence-corrected chi connectivity index (χ2v) is 11.3. The van der Waals surface area contributed by atoms with Crippen LogP contribution in [0.5, 0.6) is 0 Å². The first-order valence-corrected chi connectivity index (χ1v) is 15.0. The number of aromatic nitrogens is 3. The van der Waals surface area contributed by atoms with Crippen LogP contribution in [0.25, 0.3) is 10.8 Å². The van der Waals surface area contributed by atoms with Crippen LogP contribution in [0.1, 0.15) is 60.8 Å². The molecule has 2 amide bonds. The van der Waals surface area contributed by atoms with Crippen molar-refractivity contribution in [1.82, 2.24) is 25.0 Å². The quantitative estimate of drug-likeness (QED) is 0.161. The van der Waals surface area contributed by atoms with E-state index in [1.807, 2.05) is 31.2 Å². The molecule has 1 fully saturated rings. The van der Waals surface area contributed by atoms with E-state index >= 15 is 0 Å². The standard InChI is InChI=1S/C23H27F4N5O.C10H8N2O/c1-14-15(2)29-20-13-19(22(33)28-8-11-31-9-4-3-5-10-31)30-32(20)21(14)16-6-7-17(18(24)12-16)23(25,26)27;13-7-12-10-2-1-9-6-11-4-3-8(9)5-10/h6-7,12-13,21,29H,3-5,8-11H2,1-2H3,(H,28,33);1-7H,(H,12,13). The van der Waals surface area contributed by atoms with Gasteiger partial charge in [-0.3, -0.25) is 14.6 Å². The van der Waals surface area contributed by atoms with Gasteiger partial charge in [-0.05, 0) is 86.6 Å². The van der Waals surface area contributed by atoms with Crippen LogP contribution >= 0.6 is 0 Å². The zero-order valence-electron chi connectivity index (χ0n) is 25.5. The van der Waals surface area contributed by atoms with Gasteiger partial charge in [-0.25, -0.2) is 9.07 Å². The number of halogens is 4. The number of hydrogen-bond acceptors (Lipinski definition) is 6. The molecular formula is C33H35F4N7O2. The van der Waals surface area contributed by atoms with Crippen molar-refractivity contribution in [1.29, 1.82) is 0 Å². The number of rotatable bonds is 7. The molecule has 3 N–H and O–H groups in total. The highest BCUT2D eigenvalue weighted by Gasteiger charge is 2.35. The summed E-state index contributed by atoms with van der Waals surface area (Å²) in [5.41, 5.74) is 1.53. The summed E-state index contributed by atoms with van der Waals surface area (Å²) >= 11 is 0. The molecule has 4 heterocycles. The van der Waals surface area contributed by atoms with E-state index in [4.69, 9.17) is 0 Å². The molecule has 2 aliphatic heterocycles. The monoisotopic (exact) mass is 637 g/mol. The Labute approximate surface area is 263 Å². The minimum atomic E-state index is -4.77. The maximum Gasteiger partial charge on any atom is 0.419 e. The SMILES string of the molecule is CC1=C(C)C(c2ccc(C(F)(F)F)c(F)c2)n2nc(C(=O)NCCN3CCCCC3)cc2N1.O=CNc1ccc2cnccc2c1. The normalized spacial score (nSPS) is 16.6. The Bertz CT molecular complexity index is 1750. The molecule has 4 aromatic rings. The van der Waals surface area contributed by atoms with Crippen molar-refractivity contribution in [3.05, 3.63) is 94.8 Å². The number of alkyl halides is 3. The smallest absolute Gasteiger partial charge is 0.349 e. The topological polar surface area (TPSA) is 104 Å². The van der Waals surface area contributed by atoms with Crippen LogP contribution in [0.15, 0.2) is 72.2 Å². The number of carbonyl (C=O) groups is 2. The van der Waals surface area contributed by atoms with Gasteiger partial charge >= 0.3 is 6.18 Å². The van der Waals surface area contributed by atoms with Crippen molar-refractivity contribution in [2.45, 2.75) is 45.3 Å². The number of fused-ring (bicyclic) bond motifs is 2. The van der Waals surface area contributed by atoms with Gasteiger partial charge in [0.15, 0.2) is 5.69 Å². The third-order valence-corrected chi connectivity index (χ3v) is 8.17. The lowest BCUT2D eigenvalue weighted by atomic mass is 9.96. The van der Waals surface area contributed by atoms with Crippen LogP contribution in [-0.4, -0.2) is 58.2 Å². The van der Waals surface area contributed by atoms with Crippen molar-refractivity contribution < 1.29 is 27.2 Å². The summed E-state index contributed by atoms with van der Waals surface area (Å²) in [7, 11) is 0. The van der Waals surface area contributed by atoms with Gasteiger partial charge in [0.1, 0.15) is 17.7 Å². The Morgan fingerprint density at radius 3 is 2.54 bits per heavy atom. The van der Waals surface area contributed by atoms with Gasteiger partial charge in [0.05, 0.1) is 5.56 Å². The van der Waals surface area contributed by atoms with Crippen LogP contribution in [0, 0.1) is 5.82 Å². The molecule has 242 valence electrons. The number of nitrogens with zero attached hydrogens (tertiary/aromatic N) is 4. The fourth-order valence-corrected chi connectivity index (χ4v) is 5.64. The average molecular weight is 638 g/mol. The van der Waals surface area contributed by atoms with Gasteiger partial charge in [-0.15, -0.1) is 0 Å². The number of likely N-dealkylation sites (tertiary alicyclic amines) is 1. The minimum absolute atomic E-state index is 0.191. The van der Waals surface area contributed by atoms with E-state index in [0.717, 1.165) is 59.5 Å². The third kappa shape index (κ3) is 7.53. The number of nitrogens with one attached hydrogen (secondary N) is 3. The first-order chi connectivity index (χ1) is 22.0. The predicted molar refractivity (Wildman–Crippen MR) is 168 cm³/mol. The third-order valence-electron chi connectivity index (χ3n) is 8.17. The molecule has 9 nitrogen and oxygen atoms in total. The molecule has 0 bridgehead atoms. The number of pyridine rings is 1. The predicted octanol–water partition coefficient (Wildman–Crippen LogP) is 6.37. The van der Waals surface area contributed by atoms with E-state index in [0.29, 0.717) is 24.3 Å². The average Bonchev–Trinajstić information content (AvgIpc) is 3.45. The van der Waals surface area contributed by atoms with Gasteiger partial charge in [0.25, 0.3) is 5.91 Å². The summed E-state index contributed by atoms with van der Waals surface area (Å²) in [5.74, 6) is -1.15. The van der Waals surface area contributed by atoms with Gasteiger partial charge in [0.2, 0.25) is 6.41 Å². The molecule has 46 heavy (non-hydrogen) atoms. The zero-order valence-corrected chi connectivity index (χ0v) is 25.5. The molecule has 2 aromatic heterocycles. The molecule has 0 aliphatic carbocycles. The molecule has 1 saturated heterocycles. The fraction of sp³-hybridized carbons (Fsp3) is 0.333. The Hall–Kier alpha value is -4.78. The largest absolute Gasteiger partial charge is 0.419 e. The Morgan fingerprint density at radius 2 is 1.83 bits per heavy atom. The first-order valence-electron chi connectivity index (χ1n) is 15.0. The van der Waals surface area contributed by atoms with Crippen LogP contribution in [0.3, 0.4) is 0 Å². The molecular weight excluding hydrogens is 602 g/mol. The fourth-order valence-electron chi connectivity index (χ4n) is 5.64. The summed E-state index contributed by atoms with van der Waals surface area (Å²) in [4.78, 5) is 29.2.